The van der Waals surface area contributed by atoms with E-state index in [1.54, 1.807) is 36.4 Å². The molecule has 2 aromatic carbocycles. The van der Waals surface area contributed by atoms with Crippen molar-refractivity contribution in [2.45, 2.75) is 18.7 Å². The Morgan fingerprint density at radius 2 is 1.69 bits per heavy atom. The van der Waals surface area contributed by atoms with Gasteiger partial charge in [0.1, 0.15) is 10.6 Å². The van der Waals surface area contributed by atoms with E-state index in [2.05, 4.69) is 10.0 Å². The van der Waals surface area contributed by atoms with Crippen LogP contribution in [0.1, 0.15) is 20.1 Å². The lowest BCUT2D eigenvalue weighted by molar-refractivity contribution is 0.102. The number of halogens is 1. The van der Waals surface area contributed by atoms with Crippen molar-refractivity contribution in [2.75, 3.05) is 17.1 Å². The Labute approximate surface area is 178 Å². The van der Waals surface area contributed by atoms with E-state index in [1.807, 2.05) is 13.8 Å². The van der Waals surface area contributed by atoms with Gasteiger partial charge in [-0.25, -0.2) is 8.42 Å². The Balaban J connectivity index is 1.91. The fourth-order valence-corrected chi connectivity index (χ4v) is 5.05. The van der Waals surface area contributed by atoms with Gasteiger partial charge in [-0.2, -0.15) is 0 Å². The first kappa shape index (κ1) is 21.2. The highest BCUT2D eigenvalue weighted by Crippen LogP contribution is 2.30. The van der Waals surface area contributed by atoms with E-state index in [4.69, 9.17) is 16.3 Å². The number of ether oxygens (including phenoxy) is 1. The molecule has 0 aliphatic rings. The molecule has 1 aromatic heterocycles. The lowest BCUT2D eigenvalue weighted by atomic mass is 10.2. The molecule has 29 heavy (non-hydrogen) atoms. The molecule has 0 aliphatic heterocycles. The van der Waals surface area contributed by atoms with Crippen molar-refractivity contribution in [1.82, 2.24) is 0 Å². The zero-order valence-corrected chi connectivity index (χ0v) is 18.3. The van der Waals surface area contributed by atoms with Crippen molar-refractivity contribution in [3.8, 4) is 5.75 Å². The van der Waals surface area contributed by atoms with E-state index in [-0.39, 0.29) is 16.6 Å². The number of carbonyl (C=O) groups is 1. The van der Waals surface area contributed by atoms with Gasteiger partial charge in [-0.3, -0.25) is 9.52 Å². The van der Waals surface area contributed by atoms with Crippen molar-refractivity contribution in [3.05, 3.63) is 68.9 Å². The van der Waals surface area contributed by atoms with E-state index in [0.29, 0.717) is 22.0 Å². The van der Waals surface area contributed by atoms with Gasteiger partial charge in [-0.1, -0.05) is 11.6 Å². The van der Waals surface area contributed by atoms with Crippen LogP contribution in [0.25, 0.3) is 0 Å². The van der Waals surface area contributed by atoms with Crippen LogP contribution < -0.4 is 14.8 Å². The van der Waals surface area contributed by atoms with Crippen LogP contribution in [0, 0.1) is 13.8 Å². The molecule has 2 N–H and O–H groups in total. The summed E-state index contributed by atoms with van der Waals surface area (Å²) in [6, 6.07) is 12.5. The van der Waals surface area contributed by atoms with E-state index in [0.717, 1.165) is 9.75 Å². The largest absolute Gasteiger partial charge is 0.495 e. The third-order valence-corrected chi connectivity index (χ3v) is 6.71. The molecule has 0 radical (unpaired) electrons. The monoisotopic (exact) mass is 450 g/mol. The van der Waals surface area contributed by atoms with Crippen molar-refractivity contribution < 1.29 is 17.9 Å². The van der Waals surface area contributed by atoms with E-state index < -0.39 is 10.0 Å². The SMILES string of the molecule is COc1ccc(NC(=O)c2cc(C)sc2C)cc1S(=O)(=O)Nc1ccc(Cl)cc1. The maximum atomic E-state index is 12.9. The molecule has 0 fully saturated rings. The molecule has 0 aliphatic carbocycles. The fourth-order valence-electron chi connectivity index (χ4n) is 2.75. The molecule has 1 heterocycles. The molecule has 9 heteroatoms. The summed E-state index contributed by atoms with van der Waals surface area (Å²) in [5, 5.41) is 3.24. The predicted molar refractivity (Wildman–Crippen MR) is 117 cm³/mol. The minimum Gasteiger partial charge on any atom is -0.495 e. The third kappa shape index (κ3) is 4.90. The highest BCUT2D eigenvalue weighted by atomic mass is 35.5. The summed E-state index contributed by atoms with van der Waals surface area (Å²) in [6.45, 7) is 3.79. The summed E-state index contributed by atoms with van der Waals surface area (Å²) in [5.41, 5.74) is 1.26. The highest BCUT2D eigenvalue weighted by molar-refractivity contribution is 7.92. The molecule has 0 atom stereocenters. The minimum absolute atomic E-state index is 0.0917. The lowest BCUT2D eigenvalue weighted by Crippen LogP contribution is -2.16. The summed E-state index contributed by atoms with van der Waals surface area (Å²) >= 11 is 7.37. The molecule has 152 valence electrons. The first-order valence-electron chi connectivity index (χ1n) is 8.54. The molecule has 0 spiro atoms. The molecule has 0 unspecified atom stereocenters. The van der Waals surface area contributed by atoms with Crippen molar-refractivity contribution in [2.24, 2.45) is 0 Å². The molecule has 0 saturated heterocycles. The van der Waals surface area contributed by atoms with Crippen molar-refractivity contribution >= 4 is 50.2 Å². The number of hydrogen-bond donors (Lipinski definition) is 2. The Kier molecular flexibility index (Phi) is 6.16. The topological polar surface area (TPSA) is 84.5 Å². The normalized spacial score (nSPS) is 11.2. The first-order valence-corrected chi connectivity index (χ1v) is 11.2. The molecule has 3 rings (SSSR count). The minimum atomic E-state index is -3.96. The second-order valence-electron chi connectivity index (χ2n) is 6.26. The standard InChI is InChI=1S/C20H19ClN2O4S2/c1-12-10-17(13(2)28-12)20(24)22-16-8-9-18(27-3)19(11-16)29(25,26)23-15-6-4-14(21)5-7-15/h4-11,23H,1-3H3,(H,22,24). The second-order valence-corrected chi connectivity index (χ2v) is 9.81. The van der Waals surface area contributed by atoms with E-state index in [1.165, 1.54) is 30.6 Å². The number of benzene rings is 2. The van der Waals surface area contributed by atoms with E-state index in [9.17, 15) is 13.2 Å². The van der Waals surface area contributed by atoms with Gasteiger partial charge in [0.25, 0.3) is 15.9 Å². The number of methoxy groups -OCH3 is 1. The highest BCUT2D eigenvalue weighted by Gasteiger charge is 2.21. The zero-order valence-electron chi connectivity index (χ0n) is 15.9. The number of thiophene rings is 1. The van der Waals surface area contributed by atoms with Crippen LogP contribution >= 0.6 is 22.9 Å². The number of hydrogen-bond acceptors (Lipinski definition) is 5. The summed E-state index contributed by atoms with van der Waals surface area (Å²) in [5.74, 6) is -0.141. The first-order chi connectivity index (χ1) is 13.7. The van der Waals surface area contributed by atoms with Crippen LogP contribution in [0.3, 0.4) is 0 Å². The molecule has 0 bridgehead atoms. The average molecular weight is 451 g/mol. The number of carbonyl (C=O) groups excluding carboxylic acids is 1. The summed E-state index contributed by atoms with van der Waals surface area (Å²) in [7, 11) is -2.58. The fraction of sp³-hybridized carbons (Fsp3) is 0.150. The van der Waals surface area contributed by atoms with Gasteiger partial charge >= 0.3 is 0 Å². The number of sulfonamides is 1. The van der Waals surface area contributed by atoms with Gasteiger partial charge in [0, 0.05) is 26.2 Å². The maximum absolute atomic E-state index is 12.9. The van der Waals surface area contributed by atoms with Gasteiger partial charge in [-0.15, -0.1) is 11.3 Å². The maximum Gasteiger partial charge on any atom is 0.265 e. The number of amides is 1. The smallest absolute Gasteiger partial charge is 0.265 e. The number of nitrogens with one attached hydrogen (secondary N) is 2. The van der Waals surface area contributed by atoms with Crippen molar-refractivity contribution in [1.29, 1.82) is 0 Å². The Morgan fingerprint density at radius 3 is 2.28 bits per heavy atom. The second kappa shape index (κ2) is 8.44. The summed E-state index contributed by atoms with van der Waals surface area (Å²) < 4.78 is 33.5. The van der Waals surface area contributed by atoms with Gasteiger partial charge in [0.05, 0.1) is 12.7 Å². The molecule has 1 amide bonds. The van der Waals surface area contributed by atoms with Gasteiger partial charge in [-0.05, 0) is 62.4 Å². The van der Waals surface area contributed by atoms with E-state index >= 15 is 0 Å². The molecule has 0 saturated carbocycles. The Morgan fingerprint density at radius 1 is 1.03 bits per heavy atom. The quantitative estimate of drug-likeness (QED) is 0.548. The summed E-state index contributed by atoms with van der Waals surface area (Å²) in [4.78, 5) is 14.4. The number of aryl methyl sites for hydroxylation is 2. The third-order valence-electron chi connectivity index (χ3n) is 4.09. The van der Waals surface area contributed by atoms with Crippen LogP contribution in [0.15, 0.2) is 53.4 Å². The Hall–Kier alpha value is -2.55. The van der Waals surface area contributed by atoms with Crippen LogP contribution in [0.5, 0.6) is 5.75 Å². The molecular formula is C20H19ClN2O4S2. The van der Waals surface area contributed by atoms with Crippen molar-refractivity contribution in [3.63, 3.8) is 0 Å². The average Bonchev–Trinajstić information content (AvgIpc) is 3.01. The van der Waals surface area contributed by atoms with Crippen LogP contribution in [-0.2, 0) is 10.0 Å². The molecular weight excluding hydrogens is 432 g/mol. The lowest BCUT2D eigenvalue weighted by Gasteiger charge is -2.14. The van der Waals surface area contributed by atoms with Crippen LogP contribution in [0.4, 0.5) is 11.4 Å². The molecule has 6 nitrogen and oxygen atoms in total. The van der Waals surface area contributed by atoms with Crippen LogP contribution in [-0.4, -0.2) is 21.4 Å². The molecule has 3 aromatic rings. The van der Waals surface area contributed by atoms with Gasteiger partial charge < -0.3 is 10.1 Å². The number of anilines is 2. The van der Waals surface area contributed by atoms with Gasteiger partial charge in [0.15, 0.2) is 0 Å². The van der Waals surface area contributed by atoms with Crippen LogP contribution in [0.2, 0.25) is 5.02 Å². The summed E-state index contributed by atoms with van der Waals surface area (Å²) in [6.07, 6.45) is 0. The predicted octanol–water partition coefficient (Wildman–Crippen LogP) is 5.08. The zero-order chi connectivity index (χ0) is 21.2. The van der Waals surface area contributed by atoms with Gasteiger partial charge in [0.2, 0.25) is 0 Å². The number of rotatable bonds is 6. The Bertz CT molecular complexity index is 1160.